The van der Waals surface area contributed by atoms with E-state index in [1.165, 1.54) is 21.4 Å². The maximum Gasteiger partial charge on any atom is 0.222 e. The first-order valence-electron chi connectivity index (χ1n) is 9.01. The lowest BCUT2D eigenvalue weighted by molar-refractivity contribution is -0.132. The van der Waals surface area contributed by atoms with Gasteiger partial charge < -0.3 is 4.90 Å². The van der Waals surface area contributed by atoms with Gasteiger partial charge in [-0.2, -0.15) is 0 Å². The SMILES string of the molecule is O=C(CCc1ccc(-c2cc3ccccc3s2)nc1)N1CCCCC1. The van der Waals surface area contributed by atoms with Gasteiger partial charge in [-0.1, -0.05) is 24.3 Å². The van der Waals surface area contributed by atoms with E-state index in [2.05, 4.69) is 47.4 Å². The summed E-state index contributed by atoms with van der Waals surface area (Å²) in [7, 11) is 0. The molecule has 1 fully saturated rings. The molecule has 1 aromatic carbocycles. The molecule has 0 aliphatic carbocycles. The van der Waals surface area contributed by atoms with Crippen LogP contribution in [0.15, 0.2) is 48.7 Å². The molecule has 1 saturated heterocycles. The minimum atomic E-state index is 0.285. The Hall–Kier alpha value is -2.20. The van der Waals surface area contributed by atoms with Gasteiger partial charge in [-0.3, -0.25) is 9.78 Å². The standard InChI is InChI=1S/C21H22N2OS/c24-21(23-12-4-1-5-13-23)11-9-16-8-10-18(22-15-16)20-14-17-6-2-3-7-19(17)25-20/h2-3,6-8,10,14-15H,1,4-5,9,11-13H2. The van der Waals surface area contributed by atoms with Gasteiger partial charge >= 0.3 is 0 Å². The number of nitrogens with zero attached hydrogens (tertiary/aromatic N) is 2. The number of pyridine rings is 1. The number of thiophene rings is 1. The smallest absolute Gasteiger partial charge is 0.222 e. The number of aromatic nitrogens is 1. The van der Waals surface area contributed by atoms with Crippen molar-refractivity contribution in [2.24, 2.45) is 0 Å². The number of carbonyl (C=O) groups is 1. The average molecular weight is 350 g/mol. The lowest BCUT2D eigenvalue weighted by atomic mass is 10.1. The third-order valence-corrected chi connectivity index (χ3v) is 5.98. The van der Waals surface area contributed by atoms with Gasteiger partial charge in [-0.05, 0) is 54.8 Å². The van der Waals surface area contributed by atoms with Crippen LogP contribution < -0.4 is 0 Å². The minimum absolute atomic E-state index is 0.285. The molecule has 3 heterocycles. The summed E-state index contributed by atoms with van der Waals surface area (Å²) in [6, 6.07) is 14.8. The number of fused-ring (bicyclic) bond motifs is 1. The molecule has 3 nitrogen and oxygen atoms in total. The molecule has 128 valence electrons. The molecule has 0 N–H and O–H groups in total. The average Bonchev–Trinajstić information content (AvgIpc) is 3.11. The second-order valence-electron chi connectivity index (χ2n) is 6.64. The zero-order chi connectivity index (χ0) is 17.1. The summed E-state index contributed by atoms with van der Waals surface area (Å²) < 4.78 is 1.29. The molecular formula is C21H22N2OS. The molecule has 0 bridgehead atoms. The Balaban J connectivity index is 1.40. The molecule has 0 atom stereocenters. The van der Waals surface area contributed by atoms with Crippen LogP contribution in [-0.2, 0) is 11.2 Å². The third kappa shape index (κ3) is 3.74. The van der Waals surface area contributed by atoms with E-state index in [0.717, 1.165) is 43.6 Å². The largest absolute Gasteiger partial charge is 0.343 e. The Morgan fingerprint density at radius 3 is 2.68 bits per heavy atom. The van der Waals surface area contributed by atoms with Gasteiger partial charge in [0.2, 0.25) is 5.91 Å². The highest BCUT2D eigenvalue weighted by Crippen LogP contribution is 2.32. The summed E-state index contributed by atoms with van der Waals surface area (Å²) in [6.45, 7) is 1.86. The van der Waals surface area contributed by atoms with Gasteiger partial charge in [0.15, 0.2) is 0 Å². The predicted molar refractivity (Wildman–Crippen MR) is 104 cm³/mol. The van der Waals surface area contributed by atoms with E-state index in [4.69, 9.17) is 0 Å². The molecule has 1 aliphatic rings. The van der Waals surface area contributed by atoms with Crippen molar-refractivity contribution in [3.63, 3.8) is 0 Å². The first kappa shape index (κ1) is 16.3. The van der Waals surface area contributed by atoms with Gasteiger partial charge in [0.1, 0.15) is 0 Å². The van der Waals surface area contributed by atoms with Crippen LogP contribution in [0, 0.1) is 0 Å². The van der Waals surface area contributed by atoms with Crippen molar-refractivity contribution in [2.75, 3.05) is 13.1 Å². The summed E-state index contributed by atoms with van der Waals surface area (Å²) in [5.41, 5.74) is 2.14. The fourth-order valence-electron chi connectivity index (χ4n) is 3.38. The van der Waals surface area contributed by atoms with E-state index in [-0.39, 0.29) is 5.91 Å². The van der Waals surface area contributed by atoms with Gasteiger partial charge in [0.05, 0.1) is 10.6 Å². The van der Waals surface area contributed by atoms with Crippen molar-refractivity contribution in [3.05, 3.63) is 54.2 Å². The molecule has 3 aromatic rings. The lowest BCUT2D eigenvalue weighted by Crippen LogP contribution is -2.35. The number of amides is 1. The first-order valence-corrected chi connectivity index (χ1v) is 9.83. The topological polar surface area (TPSA) is 33.2 Å². The molecule has 0 spiro atoms. The van der Waals surface area contributed by atoms with Crippen molar-refractivity contribution < 1.29 is 4.79 Å². The van der Waals surface area contributed by atoms with Gasteiger partial charge in [0.25, 0.3) is 0 Å². The van der Waals surface area contributed by atoms with Crippen LogP contribution in [0.5, 0.6) is 0 Å². The lowest BCUT2D eigenvalue weighted by Gasteiger charge is -2.26. The van der Waals surface area contributed by atoms with Crippen LogP contribution in [0.2, 0.25) is 0 Å². The van der Waals surface area contributed by atoms with E-state index in [0.29, 0.717) is 6.42 Å². The maximum atomic E-state index is 12.3. The number of hydrogen-bond acceptors (Lipinski definition) is 3. The number of likely N-dealkylation sites (tertiary alicyclic amines) is 1. The van der Waals surface area contributed by atoms with Crippen molar-refractivity contribution >= 4 is 27.3 Å². The molecule has 0 radical (unpaired) electrons. The quantitative estimate of drug-likeness (QED) is 0.670. The summed E-state index contributed by atoms with van der Waals surface area (Å²) in [5, 5.41) is 1.26. The molecule has 4 heteroatoms. The van der Waals surface area contributed by atoms with Crippen LogP contribution in [0.3, 0.4) is 0 Å². The fourth-order valence-corrected chi connectivity index (χ4v) is 4.42. The Labute approximate surface area is 152 Å². The van der Waals surface area contributed by atoms with E-state index < -0.39 is 0 Å². The predicted octanol–water partition coefficient (Wildman–Crippen LogP) is 4.91. The van der Waals surface area contributed by atoms with Crippen molar-refractivity contribution in [2.45, 2.75) is 32.1 Å². The van der Waals surface area contributed by atoms with Crippen molar-refractivity contribution in [1.82, 2.24) is 9.88 Å². The van der Waals surface area contributed by atoms with Crippen LogP contribution in [0.25, 0.3) is 20.7 Å². The normalized spacial score (nSPS) is 14.8. The number of carbonyl (C=O) groups excluding carboxylic acids is 1. The highest BCUT2D eigenvalue weighted by Gasteiger charge is 2.16. The molecule has 1 aliphatic heterocycles. The Kier molecular flexibility index (Phi) is 4.79. The van der Waals surface area contributed by atoms with E-state index >= 15 is 0 Å². The maximum absolute atomic E-state index is 12.3. The van der Waals surface area contributed by atoms with Crippen LogP contribution >= 0.6 is 11.3 Å². The Bertz CT molecular complexity index is 830. The van der Waals surface area contributed by atoms with E-state index in [9.17, 15) is 4.79 Å². The number of hydrogen-bond donors (Lipinski definition) is 0. The van der Waals surface area contributed by atoms with Gasteiger partial charge in [-0.15, -0.1) is 11.3 Å². The number of rotatable bonds is 4. The highest BCUT2D eigenvalue weighted by molar-refractivity contribution is 7.22. The minimum Gasteiger partial charge on any atom is -0.343 e. The van der Waals surface area contributed by atoms with Crippen molar-refractivity contribution in [1.29, 1.82) is 0 Å². The van der Waals surface area contributed by atoms with Crippen LogP contribution in [0.4, 0.5) is 0 Å². The molecule has 0 saturated carbocycles. The highest BCUT2D eigenvalue weighted by atomic mass is 32.1. The second kappa shape index (κ2) is 7.36. The number of aryl methyl sites for hydroxylation is 1. The Morgan fingerprint density at radius 2 is 1.92 bits per heavy atom. The molecule has 1 amide bonds. The zero-order valence-electron chi connectivity index (χ0n) is 14.3. The summed E-state index contributed by atoms with van der Waals surface area (Å²) in [6.07, 6.45) is 6.84. The molecule has 4 rings (SSSR count). The molecular weight excluding hydrogens is 328 g/mol. The fraction of sp³-hybridized carbons (Fsp3) is 0.333. The summed E-state index contributed by atoms with van der Waals surface area (Å²) in [4.78, 5) is 20.1. The molecule has 2 aromatic heterocycles. The molecule has 25 heavy (non-hydrogen) atoms. The van der Waals surface area contributed by atoms with Gasteiger partial charge in [-0.25, -0.2) is 0 Å². The number of benzene rings is 1. The summed E-state index contributed by atoms with van der Waals surface area (Å²) in [5.74, 6) is 0.285. The number of piperidine rings is 1. The van der Waals surface area contributed by atoms with Crippen LogP contribution in [0.1, 0.15) is 31.2 Å². The zero-order valence-corrected chi connectivity index (χ0v) is 15.1. The van der Waals surface area contributed by atoms with Gasteiger partial charge in [0, 0.05) is 30.4 Å². The Morgan fingerprint density at radius 1 is 1.08 bits per heavy atom. The van der Waals surface area contributed by atoms with Crippen molar-refractivity contribution in [3.8, 4) is 10.6 Å². The van der Waals surface area contributed by atoms with Crippen LogP contribution in [-0.4, -0.2) is 28.9 Å². The first-order chi connectivity index (χ1) is 12.3. The van der Waals surface area contributed by atoms with E-state index in [1.807, 2.05) is 11.1 Å². The monoisotopic (exact) mass is 350 g/mol. The third-order valence-electron chi connectivity index (χ3n) is 4.84. The molecule has 0 unspecified atom stereocenters. The summed E-state index contributed by atoms with van der Waals surface area (Å²) >= 11 is 1.77. The second-order valence-corrected chi connectivity index (χ2v) is 7.73. The van der Waals surface area contributed by atoms with E-state index in [1.54, 1.807) is 11.3 Å².